The van der Waals surface area contributed by atoms with E-state index < -0.39 is 0 Å². The Hall–Kier alpha value is -2.01. The minimum Gasteiger partial charge on any atom is -0.493 e. The second-order valence-electron chi connectivity index (χ2n) is 4.36. The lowest BCUT2D eigenvalue weighted by atomic mass is 10.1. The summed E-state index contributed by atoms with van der Waals surface area (Å²) >= 11 is 0. The van der Waals surface area contributed by atoms with Crippen LogP contribution in [0.3, 0.4) is 0 Å². The highest BCUT2D eigenvalue weighted by molar-refractivity contribution is 5.94. The number of aromatic nitrogens is 1. The predicted molar refractivity (Wildman–Crippen MR) is 79.8 cm³/mol. The summed E-state index contributed by atoms with van der Waals surface area (Å²) < 4.78 is 15.7. The second kappa shape index (κ2) is 6.96. The average molecular weight is 276 g/mol. The third-order valence-corrected chi connectivity index (χ3v) is 3.09. The van der Waals surface area contributed by atoms with Gasteiger partial charge in [-0.05, 0) is 30.0 Å². The minimum atomic E-state index is 0.702. The molecule has 0 aliphatic carbocycles. The van der Waals surface area contributed by atoms with E-state index in [-0.39, 0.29) is 0 Å². The van der Waals surface area contributed by atoms with Crippen molar-refractivity contribution in [1.29, 1.82) is 0 Å². The van der Waals surface area contributed by atoms with Gasteiger partial charge < -0.3 is 19.5 Å². The van der Waals surface area contributed by atoms with Gasteiger partial charge in [-0.1, -0.05) is 0 Å². The van der Waals surface area contributed by atoms with Crippen molar-refractivity contribution in [2.24, 2.45) is 0 Å². The Bertz CT molecular complexity index is 572. The summed E-state index contributed by atoms with van der Waals surface area (Å²) in [6, 6.07) is 5.85. The van der Waals surface area contributed by atoms with Crippen molar-refractivity contribution in [2.75, 3.05) is 39.8 Å². The molecule has 5 nitrogen and oxygen atoms in total. The Morgan fingerprint density at radius 1 is 1.10 bits per heavy atom. The van der Waals surface area contributed by atoms with Crippen LogP contribution in [-0.4, -0.2) is 39.5 Å². The monoisotopic (exact) mass is 276 g/mol. The van der Waals surface area contributed by atoms with Crippen LogP contribution in [0.15, 0.2) is 24.4 Å². The topological polar surface area (TPSA) is 52.6 Å². The summed E-state index contributed by atoms with van der Waals surface area (Å²) in [6.45, 7) is 1.54. The summed E-state index contributed by atoms with van der Waals surface area (Å²) in [5.41, 5.74) is 0. The first-order valence-electron chi connectivity index (χ1n) is 6.53. The van der Waals surface area contributed by atoms with Gasteiger partial charge in [0.1, 0.15) is 5.82 Å². The van der Waals surface area contributed by atoms with Crippen LogP contribution in [0.5, 0.6) is 11.5 Å². The van der Waals surface area contributed by atoms with Crippen molar-refractivity contribution < 1.29 is 14.2 Å². The normalized spacial score (nSPS) is 10.6. The molecule has 0 saturated carbocycles. The van der Waals surface area contributed by atoms with Crippen molar-refractivity contribution in [3.8, 4) is 11.5 Å². The third-order valence-electron chi connectivity index (χ3n) is 3.09. The van der Waals surface area contributed by atoms with E-state index in [1.807, 2.05) is 18.2 Å². The number of pyridine rings is 1. The fourth-order valence-corrected chi connectivity index (χ4v) is 2.06. The van der Waals surface area contributed by atoms with Crippen LogP contribution in [-0.2, 0) is 4.74 Å². The van der Waals surface area contributed by atoms with Crippen molar-refractivity contribution in [1.82, 2.24) is 4.98 Å². The number of nitrogens with one attached hydrogen (secondary N) is 1. The molecule has 1 aromatic heterocycles. The number of fused-ring (bicyclic) bond motifs is 1. The first-order chi connectivity index (χ1) is 9.80. The zero-order valence-corrected chi connectivity index (χ0v) is 12.1. The van der Waals surface area contributed by atoms with E-state index in [0.29, 0.717) is 5.75 Å². The maximum atomic E-state index is 5.34. The molecule has 0 bridgehead atoms. The van der Waals surface area contributed by atoms with Crippen molar-refractivity contribution in [2.45, 2.75) is 6.42 Å². The molecule has 1 aromatic carbocycles. The van der Waals surface area contributed by atoms with Crippen LogP contribution in [0.2, 0.25) is 0 Å². The minimum absolute atomic E-state index is 0.702. The van der Waals surface area contributed by atoms with Crippen LogP contribution in [0.1, 0.15) is 6.42 Å². The highest BCUT2D eigenvalue weighted by Gasteiger charge is 2.09. The molecule has 0 aliphatic heterocycles. The molecule has 20 heavy (non-hydrogen) atoms. The lowest BCUT2D eigenvalue weighted by Crippen LogP contribution is -2.06. The fourth-order valence-electron chi connectivity index (χ4n) is 2.06. The molecule has 0 radical (unpaired) electrons. The summed E-state index contributed by atoms with van der Waals surface area (Å²) in [6.07, 6.45) is 2.72. The third kappa shape index (κ3) is 3.11. The zero-order valence-electron chi connectivity index (χ0n) is 12.1. The van der Waals surface area contributed by atoms with Crippen molar-refractivity contribution >= 4 is 16.6 Å². The van der Waals surface area contributed by atoms with E-state index in [9.17, 15) is 0 Å². The van der Waals surface area contributed by atoms with Crippen LogP contribution < -0.4 is 14.8 Å². The van der Waals surface area contributed by atoms with Crippen molar-refractivity contribution in [3.63, 3.8) is 0 Å². The van der Waals surface area contributed by atoms with Gasteiger partial charge in [-0.3, -0.25) is 0 Å². The SMILES string of the molecule is COCCCNc1nccc2cc(OC)c(OC)cc12. The molecule has 0 spiro atoms. The first kappa shape index (κ1) is 14.4. The van der Waals surface area contributed by atoms with Gasteiger partial charge in [0.05, 0.1) is 14.2 Å². The highest BCUT2D eigenvalue weighted by atomic mass is 16.5. The van der Waals surface area contributed by atoms with Crippen LogP contribution >= 0.6 is 0 Å². The smallest absolute Gasteiger partial charge is 0.161 e. The molecule has 2 rings (SSSR count). The highest BCUT2D eigenvalue weighted by Crippen LogP contribution is 2.34. The van der Waals surface area contributed by atoms with Gasteiger partial charge in [-0.2, -0.15) is 0 Å². The lowest BCUT2D eigenvalue weighted by Gasteiger charge is -2.12. The number of nitrogens with zero attached hydrogens (tertiary/aromatic N) is 1. The van der Waals surface area contributed by atoms with E-state index in [2.05, 4.69) is 10.3 Å². The number of methoxy groups -OCH3 is 3. The number of benzene rings is 1. The Labute approximate surface area is 118 Å². The zero-order chi connectivity index (χ0) is 14.4. The molecule has 0 saturated heterocycles. The Kier molecular flexibility index (Phi) is 5.01. The number of hydrogen-bond donors (Lipinski definition) is 1. The van der Waals surface area contributed by atoms with E-state index in [4.69, 9.17) is 14.2 Å². The van der Waals surface area contributed by atoms with E-state index in [0.717, 1.165) is 41.9 Å². The van der Waals surface area contributed by atoms with Gasteiger partial charge in [-0.15, -0.1) is 0 Å². The maximum Gasteiger partial charge on any atom is 0.161 e. The van der Waals surface area contributed by atoms with E-state index >= 15 is 0 Å². The molecule has 1 heterocycles. The molecule has 2 aromatic rings. The summed E-state index contributed by atoms with van der Waals surface area (Å²) in [4.78, 5) is 4.39. The molecule has 0 amide bonds. The molecule has 108 valence electrons. The Morgan fingerprint density at radius 2 is 1.85 bits per heavy atom. The van der Waals surface area contributed by atoms with Gasteiger partial charge >= 0.3 is 0 Å². The number of hydrogen-bond acceptors (Lipinski definition) is 5. The molecule has 0 fully saturated rings. The quantitative estimate of drug-likeness (QED) is 0.788. The van der Waals surface area contributed by atoms with E-state index in [1.54, 1.807) is 27.5 Å². The van der Waals surface area contributed by atoms with Crippen molar-refractivity contribution in [3.05, 3.63) is 24.4 Å². The van der Waals surface area contributed by atoms with Gasteiger partial charge in [0.2, 0.25) is 0 Å². The van der Waals surface area contributed by atoms with Gasteiger partial charge in [-0.25, -0.2) is 4.98 Å². The molecule has 1 N–H and O–H groups in total. The fraction of sp³-hybridized carbons (Fsp3) is 0.400. The molecule has 0 unspecified atom stereocenters. The van der Waals surface area contributed by atoms with Gasteiger partial charge in [0.25, 0.3) is 0 Å². The standard InChI is InChI=1S/C15H20N2O3/c1-18-8-4-6-16-15-12-10-14(20-3)13(19-2)9-11(12)5-7-17-15/h5,7,9-10H,4,6,8H2,1-3H3,(H,16,17). The van der Waals surface area contributed by atoms with Gasteiger partial charge in [0, 0.05) is 31.8 Å². The predicted octanol–water partition coefficient (Wildman–Crippen LogP) is 2.70. The molecular formula is C15H20N2O3. The van der Waals surface area contributed by atoms with Crippen LogP contribution in [0.4, 0.5) is 5.82 Å². The summed E-state index contributed by atoms with van der Waals surface area (Å²) in [5.74, 6) is 2.27. The van der Waals surface area contributed by atoms with Crippen LogP contribution in [0.25, 0.3) is 10.8 Å². The number of anilines is 1. The first-order valence-corrected chi connectivity index (χ1v) is 6.53. The molecule has 5 heteroatoms. The average Bonchev–Trinajstić information content (AvgIpc) is 2.50. The largest absolute Gasteiger partial charge is 0.493 e. The maximum absolute atomic E-state index is 5.34. The lowest BCUT2D eigenvalue weighted by molar-refractivity contribution is 0.198. The molecule has 0 atom stereocenters. The Morgan fingerprint density at radius 3 is 2.55 bits per heavy atom. The molecular weight excluding hydrogens is 256 g/mol. The summed E-state index contributed by atoms with van der Waals surface area (Å²) in [7, 11) is 4.97. The van der Waals surface area contributed by atoms with Crippen LogP contribution in [0, 0.1) is 0 Å². The summed E-state index contributed by atoms with van der Waals surface area (Å²) in [5, 5.41) is 5.40. The number of ether oxygens (including phenoxy) is 3. The van der Waals surface area contributed by atoms with Gasteiger partial charge in [0.15, 0.2) is 11.5 Å². The second-order valence-corrected chi connectivity index (χ2v) is 4.36. The Balaban J connectivity index is 2.30. The van der Waals surface area contributed by atoms with E-state index in [1.165, 1.54) is 0 Å². The number of rotatable bonds is 7. The molecule has 0 aliphatic rings.